The third kappa shape index (κ3) is 4.10. The van der Waals surface area contributed by atoms with Crippen LogP contribution in [0.25, 0.3) is 0 Å². The van der Waals surface area contributed by atoms with Crippen LogP contribution in [0.2, 0.25) is 0 Å². The smallest absolute Gasteiger partial charge is 0.326 e. The van der Waals surface area contributed by atoms with Crippen molar-refractivity contribution in [3.05, 3.63) is 18.2 Å². The monoisotopic (exact) mass is 257 g/mol. The van der Waals surface area contributed by atoms with E-state index in [1.54, 1.807) is 29.6 Å². The predicted octanol–water partition coefficient (Wildman–Crippen LogP) is 0.356. The largest absolute Gasteiger partial charge is 0.480 e. The summed E-state index contributed by atoms with van der Waals surface area (Å²) in [7, 11) is 1.74. The van der Waals surface area contributed by atoms with Gasteiger partial charge in [0.2, 0.25) is 0 Å². The van der Waals surface area contributed by atoms with Gasteiger partial charge in [-0.2, -0.15) is 11.8 Å². The molecule has 1 heterocycles. The van der Waals surface area contributed by atoms with Crippen molar-refractivity contribution >= 4 is 23.6 Å². The molecule has 6 nitrogen and oxygen atoms in total. The van der Waals surface area contributed by atoms with Gasteiger partial charge in [-0.05, 0) is 18.4 Å². The number of thioether (sulfide) groups is 1. The first-order chi connectivity index (χ1) is 8.04. The van der Waals surface area contributed by atoms with Gasteiger partial charge in [-0.1, -0.05) is 0 Å². The highest BCUT2D eigenvalue weighted by atomic mass is 32.2. The van der Waals surface area contributed by atoms with Crippen molar-refractivity contribution in [3.8, 4) is 0 Å². The quantitative estimate of drug-likeness (QED) is 0.768. The lowest BCUT2D eigenvalue weighted by molar-refractivity contribution is -0.139. The number of imidazole rings is 1. The van der Waals surface area contributed by atoms with Gasteiger partial charge in [0.1, 0.15) is 11.7 Å². The predicted molar refractivity (Wildman–Crippen MR) is 65.1 cm³/mol. The van der Waals surface area contributed by atoms with Crippen molar-refractivity contribution < 1.29 is 14.7 Å². The number of nitrogens with zero attached hydrogens (tertiary/aromatic N) is 2. The Hall–Kier alpha value is -1.50. The van der Waals surface area contributed by atoms with Crippen LogP contribution in [0.1, 0.15) is 16.9 Å². The number of carboxylic acids is 1. The molecule has 0 saturated carbocycles. The van der Waals surface area contributed by atoms with Gasteiger partial charge in [0, 0.05) is 13.2 Å². The van der Waals surface area contributed by atoms with Crippen molar-refractivity contribution in [2.45, 2.75) is 12.5 Å². The molecule has 1 aromatic rings. The van der Waals surface area contributed by atoms with E-state index in [0.717, 1.165) is 0 Å². The second-order valence-electron chi connectivity index (χ2n) is 3.57. The first-order valence-electron chi connectivity index (χ1n) is 5.05. The molecule has 0 fully saturated rings. The molecule has 1 aromatic heterocycles. The van der Waals surface area contributed by atoms with E-state index >= 15 is 0 Å². The van der Waals surface area contributed by atoms with Gasteiger partial charge in [-0.3, -0.25) is 4.79 Å². The molecule has 0 aromatic carbocycles. The summed E-state index contributed by atoms with van der Waals surface area (Å²) < 4.78 is 1.63. The van der Waals surface area contributed by atoms with Crippen LogP contribution in [0.5, 0.6) is 0 Å². The molecular weight excluding hydrogens is 242 g/mol. The molecule has 1 rings (SSSR count). The zero-order valence-corrected chi connectivity index (χ0v) is 10.5. The molecule has 0 aliphatic carbocycles. The van der Waals surface area contributed by atoms with Crippen LogP contribution in [0, 0.1) is 0 Å². The Morgan fingerprint density at radius 1 is 1.65 bits per heavy atom. The van der Waals surface area contributed by atoms with Crippen molar-refractivity contribution in [1.82, 2.24) is 14.9 Å². The topological polar surface area (TPSA) is 84.2 Å². The number of amides is 1. The maximum absolute atomic E-state index is 11.7. The molecular formula is C10H15N3O3S. The molecule has 1 atom stereocenters. The Labute approximate surface area is 103 Å². The maximum Gasteiger partial charge on any atom is 0.326 e. The van der Waals surface area contributed by atoms with Crippen LogP contribution >= 0.6 is 11.8 Å². The van der Waals surface area contributed by atoms with Crippen LogP contribution in [0.3, 0.4) is 0 Å². The lowest BCUT2D eigenvalue weighted by Gasteiger charge is -2.12. The average Bonchev–Trinajstić information content (AvgIpc) is 2.70. The number of aliphatic carboxylic acids is 1. The van der Waals surface area contributed by atoms with E-state index < -0.39 is 17.9 Å². The number of carbonyl (C=O) groups excluding carboxylic acids is 1. The molecule has 1 unspecified atom stereocenters. The van der Waals surface area contributed by atoms with Crippen LogP contribution < -0.4 is 5.32 Å². The third-order valence-electron chi connectivity index (χ3n) is 2.15. The van der Waals surface area contributed by atoms with Gasteiger partial charge >= 0.3 is 5.97 Å². The van der Waals surface area contributed by atoms with Crippen molar-refractivity contribution in [2.24, 2.45) is 7.05 Å². The fourth-order valence-corrected chi connectivity index (χ4v) is 1.73. The summed E-state index contributed by atoms with van der Waals surface area (Å²) in [5.41, 5.74) is 0.225. The Kier molecular flexibility index (Phi) is 5.02. The molecule has 2 N–H and O–H groups in total. The normalized spacial score (nSPS) is 12.1. The van der Waals surface area contributed by atoms with Crippen LogP contribution in [-0.2, 0) is 11.8 Å². The third-order valence-corrected chi connectivity index (χ3v) is 2.80. The number of rotatable bonds is 6. The zero-order chi connectivity index (χ0) is 12.8. The summed E-state index contributed by atoms with van der Waals surface area (Å²) >= 11 is 1.54. The Morgan fingerprint density at radius 2 is 2.35 bits per heavy atom. The van der Waals surface area contributed by atoms with Crippen LogP contribution in [0.4, 0.5) is 0 Å². The minimum Gasteiger partial charge on any atom is -0.480 e. The van der Waals surface area contributed by atoms with Gasteiger partial charge in [0.05, 0.1) is 6.33 Å². The van der Waals surface area contributed by atoms with E-state index in [1.165, 1.54) is 6.33 Å². The van der Waals surface area contributed by atoms with E-state index in [2.05, 4.69) is 10.3 Å². The summed E-state index contributed by atoms with van der Waals surface area (Å²) in [4.78, 5) is 26.5. The first kappa shape index (κ1) is 13.6. The summed E-state index contributed by atoms with van der Waals surface area (Å²) in [6, 6.07) is -0.864. The number of aryl methyl sites for hydroxylation is 1. The Morgan fingerprint density at radius 3 is 2.82 bits per heavy atom. The molecule has 17 heavy (non-hydrogen) atoms. The summed E-state index contributed by atoms with van der Waals surface area (Å²) in [5, 5.41) is 11.4. The summed E-state index contributed by atoms with van der Waals surface area (Å²) in [6.07, 6.45) is 5.32. The van der Waals surface area contributed by atoms with E-state index in [0.29, 0.717) is 12.2 Å². The molecule has 94 valence electrons. The van der Waals surface area contributed by atoms with Gasteiger partial charge in [-0.15, -0.1) is 0 Å². The molecule has 0 spiro atoms. The van der Waals surface area contributed by atoms with E-state index in [9.17, 15) is 9.59 Å². The minimum absolute atomic E-state index is 0.225. The van der Waals surface area contributed by atoms with E-state index in [4.69, 9.17) is 5.11 Å². The number of aromatic nitrogens is 2. The molecule has 0 aliphatic heterocycles. The van der Waals surface area contributed by atoms with Crippen molar-refractivity contribution in [2.75, 3.05) is 12.0 Å². The highest BCUT2D eigenvalue weighted by Gasteiger charge is 2.20. The SMILES string of the molecule is CSCCC(NC(=O)c1cn(C)cn1)C(=O)O. The van der Waals surface area contributed by atoms with Gasteiger partial charge in [0.15, 0.2) is 0 Å². The zero-order valence-electron chi connectivity index (χ0n) is 9.71. The fourth-order valence-electron chi connectivity index (χ4n) is 1.26. The number of hydrogen-bond donors (Lipinski definition) is 2. The molecule has 0 bridgehead atoms. The summed E-state index contributed by atoms with van der Waals surface area (Å²) in [5.74, 6) is -0.804. The van der Waals surface area contributed by atoms with E-state index in [-0.39, 0.29) is 5.69 Å². The number of nitrogens with one attached hydrogen (secondary N) is 1. The molecule has 0 saturated heterocycles. The Bertz CT molecular complexity index is 405. The molecule has 0 radical (unpaired) electrons. The minimum atomic E-state index is -1.02. The number of hydrogen-bond acceptors (Lipinski definition) is 4. The van der Waals surface area contributed by atoms with E-state index in [1.807, 2.05) is 6.26 Å². The highest BCUT2D eigenvalue weighted by Crippen LogP contribution is 2.02. The maximum atomic E-state index is 11.7. The molecule has 0 aliphatic rings. The van der Waals surface area contributed by atoms with Gasteiger partial charge in [0.25, 0.3) is 5.91 Å². The average molecular weight is 257 g/mol. The summed E-state index contributed by atoms with van der Waals surface area (Å²) in [6.45, 7) is 0. The fraction of sp³-hybridized carbons (Fsp3) is 0.500. The number of carbonyl (C=O) groups is 2. The van der Waals surface area contributed by atoms with Crippen molar-refractivity contribution in [3.63, 3.8) is 0 Å². The highest BCUT2D eigenvalue weighted by molar-refractivity contribution is 7.98. The van der Waals surface area contributed by atoms with Crippen LogP contribution in [0.15, 0.2) is 12.5 Å². The number of carboxylic acid groups (broad SMARTS) is 1. The lowest BCUT2D eigenvalue weighted by atomic mass is 10.2. The van der Waals surface area contributed by atoms with Crippen molar-refractivity contribution in [1.29, 1.82) is 0 Å². The second kappa shape index (κ2) is 6.29. The molecule has 1 amide bonds. The first-order valence-corrected chi connectivity index (χ1v) is 6.44. The Balaban J connectivity index is 2.60. The second-order valence-corrected chi connectivity index (χ2v) is 4.56. The molecule has 7 heteroatoms. The lowest BCUT2D eigenvalue weighted by Crippen LogP contribution is -2.41. The van der Waals surface area contributed by atoms with Gasteiger partial charge < -0.3 is 15.0 Å². The standard InChI is InChI=1S/C10H15N3O3S/c1-13-5-8(11-6-13)9(14)12-7(10(15)16)3-4-17-2/h5-7H,3-4H2,1-2H3,(H,12,14)(H,15,16). The van der Waals surface area contributed by atoms with Gasteiger partial charge in [-0.25, -0.2) is 9.78 Å². The van der Waals surface area contributed by atoms with Crippen LogP contribution in [-0.4, -0.2) is 44.6 Å².